The van der Waals surface area contributed by atoms with Crippen LogP contribution in [0, 0.1) is 0 Å². The summed E-state index contributed by atoms with van der Waals surface area (Å²) in [6.07, 6.45) is -0.0403. The lowest BCUT2D eigenvalue weighted by Crippen LogP contribution is -2.35. The molecule has 3 aromatic carbocycles. The predicted octanol–water partition coefficient (Wildman–Crippen LogP) is 4.88. The lowest BCUT2D eigenvalue weighted by atomic mass is 10.0. The van der Waals surface area contributed by atoms with E-state index in [0.29, 0.717) is 33.5 Å². The van der Waals surface area contributed by atoms with Crippen LogP contribution in [0.2, 0.25) is 5.02 Å². The van der Waals surface area contributed by atoms with Gasteiger partial charge < -0.3 is 25.8 Å². The number of halogens is 1. The van der Waals surface area contributed by atoms with Gasteiger partial charge in [-0.1, -0.05) is 41.9 Å². The van der Waals surface area contributed by atoms with E-state index in [4.69, 9.17) is 26.8 Å². The molecule has 7 nitrogen and oxygen atoms in total. The Kier molecular flexibility index (Phi) is 7.35. The van der Waals surface area contributed by atoms with Gasteiger partial charge in [-0.05, 0) is 48.0 Å². The second kappa shape index (κ2) is 10.4. The number of primary amides is 1. The molecule has 0 heterocycles. The number of urea groups is 1. The van der Waals surface area contributed by atoms with Crippen LogP contribution in [0.5, 0.6) is 17.2 Å². The number of benzene rings is 3. The zero-order chi connectivity index (χ0) is 22.2. The monoisotopic (exact) mass is 439 g/mol. The number of hydrogen-bond donors (Lipinski definition) is 3. The highest BCUT2D eigenvalue weighted by molar-refractivity contribution is 6.32. The highest BCUT2D eigenvalue weighted by atomic mass is 35.5. The quantitative estimate of drug-likeness (QED) is 0.465. The molecule has 3 amide bonds. The van der Waals surface area contributed by atoms with Gasteiger partial charge in [0.2, 0.25) is 5.91 Å². The van der Waals surface area contributed by atoms with Crippen LogP contribution < -0.4 is 25.8 Å². The van der Waals surface area contributed by atoms with E-state index < -0.39 is 12.1 Å². The van der Waals surface area contributed by atoms with Crippen LogP contribution in [0.4, 0.5) is 10.5 Å². The van der Waals surface area contributed by atoms with Crippen molar-refractivity contribution in [3.8, 4) is 17.2 Å². The Morgan fingerprint density at radius 3 is 2.42 bits per heavy atom. The molecule has 0 aliphatic carbocycles. The molecule has 0 radical (unpaired) electrons. The number of nitrogens with two attached hydrogens (primary N) is 1. The van der Waals surface area contributed by atoms with Gasteiger partial charge >= 0.3 is 6.03 Å². The van der Waals surface area contributed by atoms with Crippen molar-refractivity contribution in [1.82, 2.24) is 5.32 Å². The summed E-state index contributed by atoms with van der Waals surface area (Å²) in [5, 5.41) is 5.74. The lowest BCUT2D eigenvalue weighted by molar-refractivity contribution is -0.116. The summed E-state index contributed by atoms with van der Waals surface area (Å²) in [7, 11) is 1.51. The standard InChI is InChI=1S/C23H22ClN3O4/c1-30-21-11-10-16(13-19(21)24)26-22(28)14-20(27-23(25)29)15-6-5-9-18(12-15)31-17-7-3-2-4-8-17/h2-13,20H,14H2,1H3,(H,26,28)(H3,25,27,29). The molecule has 0 aliphatic rings. The summed E-state index contributed by atoms with van der Waals surface area (Å²) in [4.78, 5) is 24.1. The van der Waals surface area contributed by atoms with Gasteiger partial charge in [-0.2, -0.15) is 0 Å². The number of ether oxygens (including phenoxy) is 2. The Balaban J connectivity index is 1.74. The molecule has 31 heavy (non-hydrogen) atoms. The fraction of sp³-hybridized carbons (Fsp3) is 0.130. The summed E-state index contributed by atoms with van der Waals surface area (Å²) in [5.74, 6) is 1.42. The largest absolute Gasteiger partial charge is 0.495 e. The minimum absolute atomic E-state index is 0.0403. The minimum Gasteiger partial charge on any atom is -0.495 e. The Labute approximate surface area is 185 Å². The molecule has 1 atom stereocenters. The Morgan fingerprint density at radius 2 is 1.74 bits per heavy atom. The van der Waals surface area contributed by atoms with Crippen molar-refractivity contribution in [3.63, 3.8) is 0 Å². The summed E-state index contributed by atoms with van der Waals surface area (Å²) >= 11 is 6.10. The molecule has 0 saturated heterocycles. The zero-order valence-corrected chi connectivity index (χ0v) is 17.6. The van der Waals surface area contributed by atoms with Crippen LogP contribution in [-0.4, -0.2) is 19.0 Å². The van der Waals surface area contributed by atoms with E-state index in [-0.39, 0.29) is 12.3 Å². The third kappa shape index (κ3) is 6.38. The maximum atomic E-state index is 12.6. The van der Waals surface area contributed by atoms with E-state index in [0.717, 1.165) is 0 Å². The van der Waals surface area contributed by atoms with Crippen LogP contribution in [-0.2, 0) is 4.79 Å². The summed E-state index contributed by atoms with van der Waals surface area (Å²) in [6, 6.07) is 19.9. The SMILES string of the molecule is COc1ccc(NC(=O)CC(NC(N)=O)c2cccc(Oc3ccccc3)c2)cc1Cl. The van der Waals surface area contributed by atoms with Crippen LogP contribution in [0.25, 0.3) is 0 Å². The number of rotatable bonds is 8. The molecular formula is C23H22ClN3O4. The van der Waals surface area contributed by atoms with Gasteiger partial charge in [0.25, 0.3) is 0 Å². The molecule has 1 unspecified atom stereocenters. The molecule has 3 aromatic rings. The lowest BCUT2D eigenvalue weighted by Gasteiger charge is -2.19. The number of methoxy groups -OCH3 is 1. The van der Waals surface area contributed by atoms with E-state index in [2.05, 4.69) is 10.6 Å². The Morgan fingerprint density at radius 1 is 1.00 bits per heavy atom. The third-order valence-corrected chi connectivity index (χ3v) is 4.68. The number of carbonyl (C=O) groups is 2. The third-order valence-electron chi connectivity index (χ3n) is 4.38. The van der Waals surface area contributed by atoms with E-state index in [1.807, 2.05) is 30.3 Å². The van der Waals surface area contributed by atoms with Crippen molar-refractivity contribution < 1.29 is 19.1 Å². The van der Waals surface area contributed by atoms with Gasteiger partial charge in [-0.15, -0.1) is 0 Å². The van der Waals surface area contributed by atoms with Gasteiger partial charge in [0.05, 0.1) is 24.6 Å². The van der Waals surface area contributed by atoms with E-state index in [1.54, 1.807) is 42.5 Å². The Hall–Kier alpha value is -3.71. The van der Waals surface area contributed by atoms with Gasteiger partial charge in [0, 0.05) is 5.69 Å². The number of para-hydroxylation sites is 1. The molecule has 0 fully saturated rings. The van der Waals surface area contributed by atoms with Gasteiger partial charge in [-0.3, -0.25) is 4.79 Å². The molecule has 8 heteroatoms. The molecule has 3 rings (SSSR count). The molecule has 0 aliphatic heterocycles. The maximum absolute atomic E-state index is 12.6. The first-order chi connectivity index (χ1) is 14.9. The van der Waals surface area contributed by atoms with Crippen LogP contribution in [0.3, 0.4) is 0 Å². The van der Waals surface area contributed by atoms with Crippen molar-refractivity contribution in [1.29, 1.82) is 0 Å². The van der Waals surface area contributed by atoms with Gasteiger partial charge in [0.1, 0.15) is 17.2 Å². The van der Waals surface area contributed by atoms with Crippen LogP contribution in [0.15, 0.2) is 72.8 Å². The van der Waals surface area contributed by atoms with Gasteiger partial charge in [0.15, 0.2) is 0 Å². The number of amides is 3. The van der Waals surface area contributed by atoms with Crippen molar-refractivity contribution in [3.05, 3.63) is 83.4 Å². The minimum atomic E-state index is -0.736. The van der Waals surface area contributed by atoms with Crippen molar-refractivity contribution in [2.24, 2.45) is 5.73 Å². The van der Waals surface area contributed by atoms with E-state index in [1.165, 1.54) is 7.11 Å². The molecular weight excluding hydrogens is 418 g/mol. The van der Waals surface area contributed by atoms with Crippen molar-refractivity contribution >= 4 is 29.2 Å². The second-order valence-corrected chi connectivity index (χ2v) is 7.06. The molecule has 4 N–H and O–H groups in total. The van der Waals surface area contributed by atoms with Gasteiger partial charge in [-0.25, -0.2) is 4.79 Å². The van der Waals surface area contributed by atoms with Crippen LogP contribution >= 0.6 is 11.6 Å². The molecule has 0 bridgehead atoms. The van der Waals surface area contributed by atoms with Crippen molar-refractivity contribution in [2.75, 3.05) is 12.4 Å². The summed E-state index contributed by atoms with van der Waals surface area (Å²) in [5.41, 5.74) is 6.51. The average molecular weight is 440 g/mol. The molecule has 0 saturated carbocycles. The Bertz CT molecular complexity index is 1060. The highest BCUT2D eigenvalue weighted by Gasteiger charge is 2.19. The number of hydrogen-bond acceptors (Lipinski definition) is 4. The summed E-state index contributed by atoms with van der Waals surface area (Å²) in [6.45, 7) is 0. The number of anilines is 1. The zero-order valence-electron chi connectivity index (χ0n) is 16.8. The average Bonchev–Trinajstić information content (AvgIpc) is 2.74. The smallest absolute Gasteiger partial charge is 0.312 e. The normalized spacial score (nSPS) is 11.3. The molecule has 160 valence electrons. The topological polar surface area (TPSA) is 103 Å². The number of carbonyl (C=O) groups excluding carboxylic acids is 2. The second-order valence-electron chi connectivity index (χ2n) is 6.65. The fourth-order valence-corrected chi connectivity index (χ4v) is 3.24. The highest BCUT2D eigenvalue weighted by Crippen LogP contribution is 2.29. The van der Waals surface area contributed by atoms with Crippen molar-refractivity contribution in [2.45, 2.75) is 12.5 Å². The first-order valence-electron chi connectivity index (χ1n) is 9.47. The summed E-state index contributed by atoms with van der Waals surface area (Å²) < 4.78 is 10.9. The van der Waals surface area contributed by atoms with Crippen LogP contribution in [0.1, 0.15) is 18.0 Å². The first kappa shape index (κ1) is 22.0. The fourth-order valence-electron chi connectivity index (χ4n) is 2.98. The first-order valence-corrected chi connectivity index (χ1v) is 9.84. The molecule has 0 aromatic heterocycles. The molecule has 0 spiro atoms. The van der Waals surface area contributed by atoms with E-state index in [9.17, 15) is 9.59 Å². The number of nitrogens with one attached hydrogen (secondary N) is 2. The predicted molar refractivity (Wildman–Crippen MR) is 120 cm³/mol. The van der Waals surface area contributed by atoms with E-state index >= 15 is 0 Å². The maximum Gasteiger partial charge on any atom is 0.312 e.